The van der Waals surface area contributed by atoms with Crippen LogP contribution in [0, 0.1) is 11.3 Å². The maximum Gasteiger partial charge on any atom is 0.225 e. The molecule has 16 heavy (non-hydrogen) atoms. The van der Waals surface area contributed by atoms with Crippen LogP contribution in [0.15, 0.2) is 0 Å². The molecule has 1 saturated heterocycles. The highest BCUT2D eigenvalue weighted by Crippen LogP contribution is 2.32. The van der Waals surface area contributed by atoms with Crippen LogP contribution in [0.3, 0.4) is 0 Å². The Bertz CT molecular complexity index is 266. The highest BCUT2D eigenvalue weighted by Gasteiger charge is 2.36. The molecule has 0 aromatic heterocycles. The van der Waals surface area contributed by atoms with Crippen LogP contribution in [0.2, 0.25) is 0 Å². The zero-order chi connectivity index (χ0) is 11.8. The predicted octanol–water partition coefficient (Wildman–Crippen LogP) is 2.06. The molecule has 1 amide bonds. The molecule has 0 bridgehead atoms. The average molecular weight is 225 g/mol. The largest absolute Gasteiger partial charge is 0.375 e. The van der Waals surface area contributed by atoms with Crippen molar-refractivity contribution >= 4 is 5.91 Å². The third-order valence-electron chi connectivity index (χ3n) is 3.22. The van der Waals surface area contributed by atoms with Crippen LogP contribution in [0.4, 0.5) is 0 Å². The fourth-order valence-electron chi connectivity index (χ4n) is 2.31. The van der Waals surface area contributed by atoms with Crippen LogP contribution < -0.4 is 0 Å². The Labute approximate surface area is 98.1 Å². The predicted molar refractivity (Wildman–Crippen MR) is 63.1 cm³/mol. The minimum atomic E-state index is 0.233. The summed E-state index contributed by atoms with van der Waals surface area (Å²) in [5.41, 5.74) is 0.274. The molecule has 0 aromatic rings. The summed E-state index contributed by atoms with van der Waals surface area (Å²) in [5.74, 6) is 0.704. The van der Waals surface area contributed by atoms with Gasteiger partial charge in [-0.15, -0.1) is 0 Å². The Morgan fingerprint density at radius 3 is 2.62 bits per heavy atom. The Morgan fingerprint density at radius 2 is 2.06 bits per heavy atom. The summed E-state index contributed by atoms with van der Waals surface area (Å²) < 4.78 is 5.74. The molecule has 0 spiro atoms. The zero-order valence-corrected chi connectivity index (χ0v) is 10.7. The van der Waals surface area contributed by atoms with E-state index in [0.29, 0.717) is 18.4 Å². The third-order valence-corrected chi connectivity index (χ3v) is 3.22. The molecule has 3 heteroatoms. The van der Waals surface area contributed by atoms with Gasteiger partial charge in [0.1, 0.15) is 0 Å². The van der Waals surface area contributed by atoms with E-state index < -0.39 is 0 Å². The van der Waals surface area contributed by atoms with E-state index in [1.54, 1.807) is 0 Å². The minimum absolute atomic E-state index is 0.233. The molecule has 2 fully saturated rings. The second-order valence-corrected chi connectivity index (χ2v) is 6.32. The van der Waals surface area contributed by atoms with Gasteiger partial charge in [-0.3, -0.25) is 4.79 Å². The lowest BCUT2D eigenvalue weighted by Gasteiger charge is -2.36. The van der Waals surface area contributed by atoms with Crippen molar-refractivity contribution in [3.8, 4) is 0 Å². The molecule has 92 valence electrons. The van der Waals surface area contributed by atoms with Gasteiger partial charge < -0.3 is 9.64 Å². The van der Waals surface area contributed by atoms with Gasteiger partial charge in [-0.2, -0.15) is 0 Å². The van der Waals surface area contributed by atoms with Gasteiger partial charge in [0, 0.05) is 19.0 Å². The van der Waals surface area contributed by atoms with Crippen LogP contribution in [0.25, 0.3) is 0 Å². The number of amides is 1. The molecule has 0 aromatic carbocycles. The first-order valence-electron chi connectivity index (χ1n) is 6.36. The van der Waals surface area contributed by atoms with E-state index in [-0.39, 0.29) is 11.5 Å². The topological polar surface area (TPSA) is 29.5 Å². The van der Waals surface area contributed by atoms with Gasteiger partial charge in [0.2, 0.25) is 5.91 Å². The fourth-order valence-corrected chi connectivity index (χ4v) is 2.31. The van der Waals surface area contributed by atoms with E-state index in [1.807, 2.05) is 4.90 Å². The minimum Gasteiger partial charge on any atom is -0.375 e. The van der Waals surface area contributed by atoms with Gasteiger partial charge in [0.15, 0.2) is 0 Å². The summed E-state index contributed by atoms with van der Waals surface area (Å²) in [6.45, 7) is 8.95. The summed E-state index contributed by atoms with van der Waals surface area (Å²) in [6, 6.07) is 0. The first-order chi connectivity index (χ1) is 7.46. The summed E-state index contributed by atoms with van der Waals surface area (Å²) >= 11 is 0. The lowest BCUT2D eigenvalue weighted by molar-refractivity contribution is -0.141. The van der Waals surface area contributed by atoms with E-state index in [9.17, 15) is 4.79 Å². The number of carbonyl (C=O) groups excluding carboxylic acids is 1. The van der Waals surface area contributed by atoms with E-state index in [2.05, 4.69) is 20.8 Å². The van der Waals surface area contributed by atoms with Crippen molar-refractivity contribution < 1.29 is 9.53 Å². The first-order valence-corrected chi connectivity index (χ1v) is 6.36. The van der Waals surface area contributed by atoms with Gasteiger partial charge >= 0.3 is 0 Å². The van der Waals surface area contributed by atoms with Gasteiger partial charge in [0.25, 0.3) is 0 Å². The first kappa shape index (κ1) is 11.9. The van der Waals surface area contributed by atoms with E-state index in [1.165, 1.54) is 0 Å². The van der Waals surface area contributed by atoms with E-state index in [0.717, 1.165) is 32.4 Å². The van der Waals surface area contributed by atoms with Crippen LogP contribution in [-0.2, 0) is 9.53 Å². The van der Waals surface area contributed by atoms with E-state index >= 15 is 0 Å². The summed E-state index contributed by atoms with van der Waals surface area (Å²) in [6.07, 6.45) is 3.46. The number of carbonyl (C=O) groups is 1. The van der Waals surface area contributed by atoms with Crippen LogP contribution in [0.5, 0.6) is 0 Å². The smallest absolute Gasteiger partial charge is 0.225 e. The van der Waals surface area contributed by atoms with Gasteiger partial charge in [-0.25, -0.2) is 0 Å². The molecule has 3 nitrogen and oxygen atoms in total. The molecular weight excluding hydrogens is 202 g/mol. The average Bonchev–Trinajstić information content (AvgIpc) is 2.97. The third kappa shape index (κ3) is 3.21. The van der Waals surface area contributed by atoms with Crippen molar-refractivity contribution in [2.45, 2.75) is 46.1 Å². The Kier molecular flexibility index (Phi) is 3.24. The second-order valence-electron chi connectivity index (χ2n) is 6.32. The SMILES string of the molecule is CC(C)(C)C[C@@H]1CN(C(=O)C2CC2)CCO1. The number of hydrogen-bond acceptors (Lipinski definition) is 2. The van der Waals surface area contributed by atoms with Gasteiger partial charge in [0.05, 0.1) is 12.7 Å². The number of nitrogens with zero attached hydrogens (tertiary/aromatic N) is 1. The lowest BCUT2D eigenvalue weighted by Crippen LogP contribution is -2.47. The van der Waals surface area contributed by atoms with Gasteiger partial charge in [-0.1, -0.05) is 20.8 Å². The quantitative estimate of drug-likeness (QED) is 0.720. The van der Waals surface area contributed by atoms with Crippen molar-refractivity contribution in [1.29, 1.82) is 0 Å². The number of morpholine rings is 1. The standard InChI is InChI=1S/C13H23NO2/c1-13(2,3)8-11-9-14(6-7-16-11)12(15)10-4-5-10/h10-11H,4-9H2,1-3H3/t11-/m1/s1. The van der Waals surface area contributed by atoms with Crippen molar-refractivity contribution in [2.24, 2.45) is 11.3 Å². The number of hydrogen-bond donors (Lipinski definition) is 0. The van der Waals surface area contributed by atoms with Crippen molar-refractivity contribution in [2.75, 3.05) is 19.7 Å². The normalized spacial score (nSPS) is 26.9. The van der Waals surface area contributed by atoms with Crippen molar-refractivity contribution in [1.82, 2.24) is 4.90 Å². The number of rotatable bonds is 2. The fraction of sp³-hybridized carbons (Fsp3) is 0.923. The molecule has 0 radical (unpaired) electrons. The zero-order valence-electron chi connectivity index (χ0n) is 10.7. The monoisotopic (exact) mass is 225 g/mol. The molecule has 1 aliphatic heterocycles. The second kappa shape index (κ2) is 4.36. The van der Waals surface area contributed by atoms with E-state index in [4.69, 9.17) is 4.74 Å². The maximum atomic E-state index is 11.9. The molecule has 1 atom stereocenters. The molecular formula is C13H23NO2. The number of ether oxygens (including phenoxy) is 1. The highest BCUT2D eigenvalue weighted by molar-refractivity contribution is 5.81. The molecule has 2 aliphatic rings. The molecule has 1 saturated carbocycles. The lowest BCUT2D eigenvalue weighted by atomic mass is 9.88. The van der Waals surface area contributed by atoms with Crippen LogP contribution in [-0.4, -0.2) is 36.6 Å². The van der Waals surface area contributed by atoms with Crippen LogP contribution >= 0.6 is 0 Å². The maximum absolute atomic E-state index is 11.9. The highest BCUT2D eigenvalue weighted by atomic mass is 16.5. The summed E-state index contributed by atoms with van der Waals surface area (Å²) in [4.78, 5) is 14.0. The molecule has 1 heterocycles. The molecule has 0 unspecified atom stereocenters. The van der Waals surface area contributed by atoms with Gasteiger partial charge in [-0.05, 0) is 24.7 Å². The molecule has 1 aliphatic carbocycles. The summed E-state index contributed by atoms with van der Waals surface area (Å²) in [5, 5.41) is 0. The molecule has 0 N–H and O–H groups in total. The van der Waals surface area contributed by atoms with Crippen LogP contribution in [0.1, 0.15) is 40.0 Å². The Balaban J connectivity index is 1.86. The molecule has 2 rings (SSSR count). The van der Waals surface area contributed by atoms with Crippen molar-refractivity contribution in [3.05, 3.63) is 0 Å². The summed E-state index contributed by atoms with van der Waals surface area (Å²) in [7, 11) is 0. The van der Waals surface area contributed by atoms with Crippen molar-refractivity contribution in [3.63, 3.8) is 0 Å². The Hall–Kier alpha value is -0.570. The Morgan fingerprint density at radius 1 is 1.38 bits per heavy atom.